The summed E-state index contributed by atoms with van der Waals surface area (Å²) < 4.78 is 26.4. The van der Waals surface area contributed by atoms with Crippen molar-refractivity contribution in [2.45, 2.75) is 37.5 Å². The van der Waals surface area contributed by atoms with E-state index in [9.17, 15) is 8.78 Å². The molecule has 0 atom stereocenters. The summed E-state index contributed by atoms with van der Waals surface area (Å²) in [6, 6.07) is 3.80. The van der Waals surface area contributed by atoms with Crippen LogP contribution in [-0.2, 0) is 5.41 Å². The van der Waals surface area contributed by atoms with Crippen LogP contribution in [0.5, 0.6) is 0 Å². The molecule has 0 radical (unpaired) electrons. The second-order valence-electron chi connectivity index (χ2n) is 4.58. The summed E-state index contributed by atoms with van der Waals surface area (Å²) in [5.74, 6) is -0.997. The van der Waals surface area contributed by atoms with Crippen molar-refractivity contribution in [2.24, 2.45) is 0 Å². The van der Waals surface area contributed by atoms with E-state index in [1.165, 1.54) is 18.6 Å². The van der Waals surface area contributed by atoms with Gasteiger partial charge in [-0.05, 0) is 30.5 Å². The first kappa shape index (κ1) is 11.3. The van der Waals surface area contributed by atoms with Crippen LogP contribution in [0.3, 0.4) is 0 Å². The number of benzene rings is 1. The van der Waals surface area contributed by atoms with E-state index >= 15 is 0 Å². The largest absolute Gasteiger partial charge is 0.207 e. The molecule has 16 heavy (non-hydrogen) atoms. The number of hydrogen-bond acceptors (Lipinski definition) is 0. The van der Waals surface area contributed by atoms with Gasteiger partial charge < -0.3 is 0 Å². The third-order valence-electron chi connectivity index (χ3n) is 3.57. The van der Waals surface area contributed by atoms with E-state index in [2.05, 4.69) is 6.58 Å². The van der Waals surface area contributed by atoms with Gasteiger partial charge in [0.05, 0.1) is 0 Å². The van der Waals surface area contributed by atoms with E-state index in [1.54, 1.807) is 0 Å². The van der Waals surface area contributed by atoms with Crippen LogP contribution in [0.25, 0.3) is 0 Å². The fourth-order valence-electron chi connectivity index (χ4n) is 2.63. The predicted octanol–water partition coefficient (Wildman–Crippen LogP) is 4.35. The molecule has 0 nitrogen and oxygen atoms in total. The molecule has 0 saturated heterocycles. The molecule has 0 N–H and O–H groups in total. The van der Waals surface area contributed by atoms with E-state index in [1.807, 2.05) is 6.08 Å². The summed E-state index contributed by atoms with van der Waals surface area (Å²) in [6.07, 6.45) is 7.15. The van der Waals surface area contributed by atoms with Crippen molar-refractivity contribution in [3.63, 3.8) is 0 Å². The minimum absolute atomic E-state index is 0.221. The average Bonchev–Trinajstić information content (AvgIpc) is 2.28. The number of hydrogen-bond donors (Lipinski definition) is 0. The highest BCUT2D eigenvalue weighted by atomic mass is 19.1. The van der Waals surface area contributed by atoms with Gasteiger partial charge in [-0.25, -0.2) is 8.78 Å². The fourth-order valence-corrected chi connectivity index (χ4v) is 2.63. The van der Waals surface area contributed by atoms with Crippen LogP contribution >= 0.6 is 0 Å². The van der Waals surface area contributed by atoms with E-state index in [0.717, 1.165) is 37.3 Å². The van der Waals surface area contributed by atoms with Gasteiger partial charge in [0.25, 0.3) is 0 Å². The smallest absolute Gasteiger partial charge is 0.126 e. The van der Waals surface area contributed by atoms with Crippen molar-refractivity contribution >= 4 is 0 Å². The molecule has 0 amide bonds. The average molecular weight is 222 g/mol. The topological polar surface area (TPSA) is 0 Å². The monoisotopic (exact) mass is 222 g/mol. The zero-order valence-corrected chi connectivity index (χ0v) is 9.31. The molecule has 1 aromatic carbocycles. The maximum atomic E-state index is 13.2. The van der Waals surface area contributed by atoms with Gasteiger partial charge in [-0.2, -0.15) is 0 Å². The predicted molar refractivity (Wildman–Crippen MR) is 61.3 cm³/mol. The Morgan fingerprint density at radius 3 is 2.06 bits per heavy atom. The van der Waals surface area contributed by atoms with Crippen molar-refractivity contribution < 1.29 is 8.78 Å². The van der Waals surface area contributed by atoms with Crippen LogP contribution in [0.2, 0.25) is 0 Å². The van der Waals surface area contributed by atoms with Crippen LogP contribution < -0.4 is 0 Å². The maximum absolute atomic E-state index is 13.2. The van der Waals surface area contributed by atoms with Crippen molar-refractivity contribution in [3.05, 3.63) is 48.1 Å². The van der Waals surface area contributed by atoms with Crippen LogP contribution in [0, 0.1) is 11.6 Å². The Bertz CT molecular complexity index is 369. The molecular weight excluding hydrogens is 206 g/mol. The first-order valence-electron chi connectivity index (χ1n) is 5.76. The summed E-state index contributed by atoms with van der Waals surface area (Å²) >= 11 is 0. The Kier molecular flexibility index (Phi) is 3.08. The fraction of sp³-hybridized carbons (Fsp3) is 0.429. The quantitative estimate of drug-likeness (QED) is 0.652. The van der Waals surface area contributed by atoms with E-state index in [4.69, 9.17) is 0 Å². The normalized spacial score (nSPS) is 19.4. The van der Waals surface area contributed by atoms with Gasteiger partial charge in [0.15, 0.2) is 0 Å². The summed E-state index contributed by atoms with van der Waals surface area (Å²) in [6.45, 7) is 3.85. The highest BCUT2D eigenvalue weighted by Gasteiger charge is 2.31. The third-order valence-corrected chi connectivity index (χ3v) is 3.57. The highest BCUT2D eigenvalue weighted by molar-refractivity contribution is 5.32. The zero-order valence-electron chi connectivity index (χ0n) is 9.31. The lowest BCUT2D eigenvalue weighted by Crippen LogP contribution is -2.26. The Hall–Kier alpha value is -1.18. The van der Waals surface area contributed by atoms with Gasteiger partial charge in [-0.15, -0.1) is 6.58 Å². The van der Waals surface area contributed by atoms with Crippen LogP contribution in [0.4, 0.5) is 8.78 Å². The molecule has 0 unspecified atom stereocenters. The SMILES string of the molecule is C=CC1(c2cc(F)cc(F)c2)CCCCC1. The van der Waals surface area contributed by atoms with Crippen LogP contribution in [-0.4, -0.2) is 0 Å². The van der Waals surface area contributed by atoms with Crippen molar-refractivity contribution in [2.75, 3.05) is 0 Å². The van der Waals surface area contributed by atoms with Crippen molar-refractivity contribution in [3.8, 4) is 0 Å². The van der Waals surface area contributed by atoms with Crippen LogP contribution in [0.15, 0.2) is 30.9 Å². The zero-order chi connectivity index (χ0) is 11.6. The highest BCUT2D eigenvalue weighted by Crippen LogP contribution is 2.40. The second-order valence-corrected chi connectivity index (χ2v) is 4.58. The van der Waals surface area contributed by atoms with Gasteiger partial charge in [0.2, 0.25) is 0 Å². The van der Waals surface area contributed by atoms with Gasteiger partial charge >= 0.3 is 0 Å². The number of allylic oxidation sites excluding steroid dienone is 1. The molecule has 1 aliphatic rings. The Labute approximate surface area is 95.0 Å². The minimum atomic E-state index is -0.498. The summed E-state index contributed by atoms with van der Waals surface area (Å²) in [5.41, 5.74) is 0.515. The van der Waals surface area contributed by atoms with E-state index < -0.39 is 11.6 Å². The summed E-state index contributed by atoms with van der Waals surface area (Å²) in [5, 5.41) is 0. The van der Waals surface area contributed by atoms with Crippen molar-refractivity contribution in [1.29, 1.82) is 0 Å². The summed E-state index contributed by atoms with van der Waals surface area (Å²) in [4.78, 5) is 0. The molecule has 2 rings (SSSR count). The molecule has 1 aliphatic carbocycles. The molecule has 0 bridgehead atoms. The second kappa shape index (κ2) is 4.36. The Balaban J connectivity index is 2.42. The molecule has 1 aromatic rings. The van der Waals surface area contributed by atoms with Gasteiger partial charge in [0, 0.05) is 11.5 Å². The minimum Gasteiger partial charge on any atom is -0.207 e. The molecule has 0 aliphatic heterocycles. The van der Waals surface area contributed by atoms with E-state index in [0.29, 0.717) is 0 Å². The number of halogens is 2. The first-order valence-corrected chi connectivity index (χ1v) is 5.76. The van der Waals surface area contributed by atoms with Crippen molar-refractivity contribution in [1.82, 2.24) is 0 Å². The van der Waals surface area contributed by atoms with E-state index in [-0.39, 0.29) is 5.41 Å². The summed E-state index contributed by atoms with van der Waals surface area (Å²) in [7, 11) is 0. The lowest BCUT2D eigenvalue weighted by atomic mass is 9.69. The third kappa shape index (κ3) is 2.01. The molecule has 1 fully saturated rings. The molecule has 2 heteroatoms. The molecule has 0 aromatic heterocycles. The molecule has 1 saturated carbocycles. The Morgan fingerprint density at radius 2 is 1.56 bits per heavy atom. The first-order chi connectivity index (χ1) is 7.66. The van der Waals surface area contributed by atoms with Gasteiger partial charge in [0.1, 0.15) is 11.6 Å². The van der Waals surface area contributed by atoms with Gasteiger partial charge in [-0.3, -0.25) is 0 Å². The molecule has 0 heterocycles. The Morgan fingerprint density at radius 1 is 1.00 bits per heavy atom. The standard InChI is InChI=1S/C14H16F2/c1-2-14(6-4-3-5-7-14)11-8-12(15)10-13(16)9-11/h2,8-10H,1,3-7H2. The number of rotatable bonds is 2. The van der Waals surface area contributed by atoms with Crippen LogP contribution in [0.1, 0.15) is 37.7 Å². The lowest BCUT2D eigenvalue weighted by molar-refractivity contribution is 0.355. The maximum Gasteiger partial charge on any atom is 0.126 e. The van der Waals surface area contributed by atoms with Gasteiger partial charge in [-0.1, -0.05) is 25.3 Å². The molecule has 0 spiro atoms. The lowest BCUT2D eigenvalue weighted by Gasteiger charge is -2.35. The molecule has 86 valence electrons. The molecular formula is C14H16F2.